The van der Waals surface area contributed by atoms with E-state index in [0.29, 0.717) is 17.1 Å². The molecule has 1 spiro atoms. The van der Waals surface area contributed by atoms with E-state index in [2.05, 4.69) is 26.0 Å². The highest BCUT2D eigenvalue weighted by Crippen LogP contribution is 2.78. The van der Waals surface area contributed by atoms with Crippen LogP contribution in [-0.2, 0) is 9.53 Å². The summed E-state index contributed by atoms with van der Waals surface area (Å²) in [4.78, 5) is 12.0. The molecular weight excluding hydrogens is 320 g/mol. The minimum absolute atomic E-state index is 0.0699. The molecule has 1 heterocycles. The highest BCUT2D eigenvalue weighted by Gasteiger charge is 2.77. The molecule has 1 aliphatic heterocycles. The quantitative estimate of drug-likeness (QED) is 0.625. The first kappa shape index (κ1) is 16.1. The van der Waals surface area contributed by atoms with Crippen molar-refractivity contribution in [2.45, 2.75) is 64.4 Å². The van der Waals surface area contributed by atoms with Crippen LogP contribution in [0.4, 0.5) is 0 Å². The molecule has 9 atom stereocenters. The molecule has 4 saturated carbocycles. The van der Waals surface area contributed by atoms with Gasteiger partial charge in [0.1, 0.15) is 0 Å². The van der Waals surface area contributed by atoms with Gasteiger partial charge >= 0.3 is 0 Å². The highest BCUT2D eigenvalue weighted by molar-refractivity contribution is 5.91. The van der Waals surface area contributed by atoms with Gasteiger partial charge in [-0.25, -0.2) is 0 Å². The molecule has 0 aromatic heterocycles. The van der Waals surface area contributed by atoms with E-state index in [1.54, 1.807) is 0 Å². The van der Waals surface area contributed by atoms with Crippen LogP contribution in [0.1, 0.15) is 58.8 Å². The van der Waals surface area contributed by atoms with Crippen molar-refractivity contribution in [3.8, 4) is 0 Å². The largest absolute Gasteiger partial charge is 0.366 e. The molecule has 0 aromatic rings. The Morgan fingerprint density at radius 3 is 2.92 bits per heavy atom. The van der Waals surface area contributed by atoms with Crippen LogP contribution in [0, 0.1) is 46.8 Å². The summed E-state index contributed by atoms with van der Waals surface area (Å²) in [6.07, 6.45) is 15.3. The van der Waals surface area contributed by atoms with Gasteiger partial charge in [-0.3, -0.25) is 4.79 Å². The average Bonchev–Trinajstić information content (AvgIpc) is 3.21. The number of carbonyl (C=O) groups is 1. The minimum Gasteiger partial charge on any atom is -0.366 e. The number of rotatable bonds is 1. The lowest BCUT2D eigenvalue weighted by Crippen LogP contribution is -2.57. The fourth-order valence-electron chi connectivity index (χ4n) is 9.05. The summed E-state index contributed by atoms with van der Waals surface area (Å²) in [5.41, 5.74) is 1.96. The zero-order chi connectivity index (χ0) is 17.7. The predicted octanol–water partition coefficient (Wildman–Crippen LogP) is 4.95. The maximum atomic E-state index is 12.0. The Bertz CT molecular complexity index is 720. The lowest BCUT2D eigenvalue weighted by atomic mass is 9.46. The smallest absolute Gasteiger partial charge is 0.155 e. The van der Waals surface area contributed by atoms with Crippen LogP contribution in [-0.4, -0.2) is 18.0 Å². The van der Waals surface area contributed by atoms with Crippen LogP contribution in [0.5, 0.6) is 0 Å². The topological polar surface area (TPSA) is 26.3 Å². The minimum atomic E-state index is 0.0699. The predicted molar refractivity (Wildman–Crippen MR) is 101 cm³/mol. The SMILES string of the molecule is CC[C@]12CCC3C4CCC(=O)C=C4C[C@@H](C)C3C1[C@@H]1C[C@@H]1C21C=CCO1. The summed E-state index contributed by atoms with van der Waals surface area (Å²) in [6.45, 7) is 5.76. The van der Waals surface area contributed by atoms with Gasteiger partial charge in [0.15, 0.2) is 5.78 Å². The molecule has 4 fully saturated rings. The zero-order valence-electron chi connectivity index (χ0n) is 16.2. The molecule has 0 radical (unpaired) electrons. The van der Waals surface area contributed by atoms with E-state index in [9.17, 15) is 4.79 Å². The van der Waals surface area contributed by atoms with Gasteiger partial charge in [-0.15, -0.1) is 0 Å². The van der Waals surface area contributed by atoms with Crippen LogP contribution >= 0.6 is 0 Å². The van der Waals surface area contributed by atoms with Gasteiger partial charge in [-0.05, 0) is 86.0 Å². The normalized spacial score (nSPS) is 56.6. The molecule has 6 rings (SSSR count). The molecule has 5 unspecified atom stereocenters. The molecule has 0 saturated heterocycles. The Morgan fingerprint density at radius 1 is 1.27 bits per heavy atom. The molecule has 5 aliphatic carbocycles. The van der Waals surface area contributed by atoms with Gasteiger partial charge < -0.3 is 4.74 Å². The summed E-state index contributed by atoms with van der Waals surface area (Å²) in [6, 6.07) is 0. The Balaban J connectivity index is 1.43. The number of carbonyl (C=O) groups excluding carboxylic acids is 1. The third-order valence-corrected chi connectivity index (χ3v) is 9.77. The van der Waals surface area contributed by atoms with Crippen molar-refractivity contribution in [2.75, 3.05) is 6.61 Å². The second-order valence-electron chi connectivity index (χ2n) is 10.3. The van der Waals surface area contributed by atoms with E-state index in [4.69, 9.17) is 4.74 Å². The molecule has 2 heteroatoms. The van der Waals surface area contributed by atoms with E-state index >= 15 is 0 Å². The first-order chi connectivity index (χ1) is 12.6. The number of ketones is 1. The van der Waals surface area contributed by atoms with Gasteiger partial charge in [-0.2, -0.15) is 0 Å². The molecule has 0 aromatic carbocycles. The lowest BCUT2D eigenvalue weighted by Gasteiger charge is -2.60. The maximum Gasteiger partial charge on any atom is 0.155 e. The third-order valence-electron chi connectivity index (χ3n) is 9.77. The summed E-state index contributed by atoms with van der Waals surface area (Å²) >= 11 is 0. The summed E-state index contributed by atoms with van der Waals surface area (Å²) in [7, 11) is 0. The Labute approximate surface area is 157 Å². The monoisotopic (exact) mass is 352 g/mol. The van der Waals surface area contributed by atoms with Crippen molar-refractivity contribution < 1.29 is 9.53 Å². The van der Waals surface area contributed by atoms with Gasteiger partial charge in [0, 0.05) is 11.8 Å². The van der Waals surface area contributed by atoms with E-state index in [1.807, 2.05) is 6.08 Å². The average molecular weight is 353 g/mol. The Morgan fingerprint density at radius 2 is 2.15 bits per heavy atom. The van der Waals surface area contributed by atoms with Crippen molar-refractivity contribution in [3.63, 3.8) is 0 Å². The zero-order valence-corrected chi connectivity index (χ0v) is 16.2. The molecule has 6 aliphatic rings. The van der Waals surface area contributed by atoms with Gasteiger partial charge in [-0.1, -0.05) is 31.6 Å². The molecule has 26 heavy (non-hydrogen) atoms. The van der Waals surface area contributed by atoms with E-state index < -0.39 is 0 Å². The summed E-state index contributed by atoms with van der Waals surface area (Å²) < 4.78 is 6.59. The number of fused-ring (bicyclic) bond motifs is 9. The second-order valence-corrected chi connectivity index (χ2v) is 10.3. The van der Waals surface area contributed by atoms with Gasteiger partial charge in [0.05, 0.1) is 12.2 Å². The highest BCUT2D eigenvalue weighted by atomic mass is 16.5. The Kier molecular flexibility index (Phi) is 3.18. The van der Waals surface area contributed by atoms with Crippen molar-refractivity contribution in [2.24, 2.45) is 46.8 Å². The summed E-state index contributed by atoms with van der Waals surface area (Å²) in [5.74, 6) is 6.05. The molecule has 0 amide bonds. The number of ether oxygens (including phenoxy) is 1. The van der Waals surface area contributed by atoms with Crippen LogP contribution in [0.2, 0.25) is 0 Å². The number of hydrogen-bond donors (Lipinski definition) is 0. The van der Waals surface area contributed by atoms with Crippen LogP contribution < -0.4 is 0 Å². The first-order valence-electron chi connectivity index (χ1n) is 11.2. The third kappa shape index (κ3) is 1.72. The lowest BCUT2D eigenvalue weighted by molar-refractivity contribution is -0.150. The fourth-order valence-corrected chi connectivity index (χ4v) is 9.05. The molecule has 0 bridgehead atoms. The van der Waals surface area contributed by atoms with E-state index in [-0.39, 0.29) is 5.60 Å². The van der Waals surface area contributed by atoms with Crippen molar-refractivity contribution in [1.82, 2.24) is 0 Å². The maximum absolute atomic E-state index is 12.0. The van der Waals surface area contributed by atoms with Gasteiger partial charge in [0.2, 0.25) is 0 Å². The van der Waals surface area contributed by atoms with E-state index in [1.165, 1.54) is 37.7 Å². The summed E-state index contributed by atoms with van der Waals surface area (Å²) in [5, 5.41) is 0. The van der Waals surface area contributed by atoms with Crippen LogP contribution in [0.25, 0.3) is 0 Å². The fraction of sp³-hybridized carbons (Fsp3) is 0.792. The van der Waals surface area contributed by atoms with Crippen LogP contribution in [0.3, 0.4) is 0 Å². The number of hydrogen-bond acceptors (Lipinski definition) is 2. The number of allylic oxidation sites excluding steroid dienone is 1. The Hall–Kier alpha value is -0.890. The van der Waals surface area contributed by atoms with E-state index in [0.717, 1.165) is 55.0 Å². The van der Waals surface area contributed by atoms with Crippen molar-refractivity contribution >= 4 is 5.78 Å². The molecule has 0 N–H and O–H groups in total. The first-order valence-corrected chi connectivity index (χ1v) is 11.2. The second kappa shape index (κ2) is 5.13. The molecular formula is C24H32O2. The van der Waals surface area contributed by atoms with Crippen LogP contribution in [0.15, 0.2) is 23.8 Å². The van der Waals surface area contributed by atoms with Gasteiger partial charge in [0.25, 0.3) is 0 Å². The molecule has 140 valence electrons. The van der Waals surface area contributed by atoms with Crippen molar-refractivity contribution in [3.05, 3.63) is 23.8 Å². The molecule has 2 nitrogen and oxygen atoms in total. The standard InChI is InChI=1S/C24H32O2/c1-3-23-9-7-18-17-6-5-16(25)12-15(17)11-14(2)21(18)22(23)19-13-20(19)24(23)8-4-10-26-24/h4,8,12,14,17-22H,3,5-7,9-11,13H2,1-2H3/t14-,17?,18?,19-,20+,21?,22?,23+,24?/m1/s1. The van der Waals surface area contributed by atoms with Crippen molar-refractivity contribution in [1.29, 1.82) is 0 Å².